The molecule has 2 N–H and O–H groups in total. The van der Waals surface area contributed by atoms with E-state index in [2.05, 4.69) is 5.10 Å². The summed E-state index contributed by atoms with van der Waals surface area (Å²) in [5.41, 5.74) is 7.70. The predicted octanol–water partition coefficient (Wildman–Crippen LogP) is 3.48. The Hall–Kier alpha value is -2.49. The Bertz CT molecular complexity index is 706. The number of aromatic nitrogens is 2. The van der Waals surface area contributed by atoms with Gasteiger partial charge in [-0.05, 0) is 43.2 Å². The first-order chi connectivity index (χ1) is 10.3. The molecule has 108 valence electrons. The molecule has 4 heteroatoms. The number of benzene rings is 2. The highest BCUT2D eigenvalue weighted by Crippen LogP contribution is 2.17. The largest absolute Gasteiger partial charge is 0.494 e. The molecule has 3 rings (SSSR count). The van der Waals surface area contributed by atoms with Gasteiger partial charge in [-0.25, -0.2) is 0 Å². The summed E-state index contributed by atoms with van der Waals surface area (Å²) < 4.78 is 7.69. The number of aryl methyl sites for hydroxylation is 1. The van der Waals surface area contributed by atoms with Crippen LogP contribution in [0.4, 0.5) is 5.69 Å². The molecule has 0 saturated heterocycles. The van der Waals surface area contributed by atoms with Crippen LogP contribution in [-0.4, -0.2) is 16.4 Å². The molecule has 3 aromatic rings. The van der Waals surface area contributed by atoms with Crippen molar-refractivity contribution in [2.45, 2.75) is 19.4 Å². The van der Waals surface area contributed by atoms with E-state index in [1.54, 1.807) is 0 Å². The maximum Gasteiger partial charge on any atom is 0.119 e. The SMILES string of the molecule is Nc1ccc2cnn(CCCCOc3ccccc3)c2c1. The standard InChI is InChI=1S/C17H19N3O/c18-15-9-8-14-13-19-20(17(14)12-15)10-4-5-11-21-16-6-2-1-3-7-16/h1-3,6-9,12-13H,4-5,10-11,18H2. The molecule has 0 aliphatic rings. The van der Waals surface area contributed by atoms with Gasteiger partial charge in [0.2, 0.25) is 0 Å². The zero-order valence-corrected chi connectivity index (χ0v) is 11.9. The van der Waals surface area contributed by atoms with Crippen LogP contribution >= 0.6 is 0 Å². The number of anilines is 1. The number of rotatable bonds is 6. The van der Waals surface area contributed by atoms with Crippen LogP contribution in [0.15, 0.2) is 54.7 Å². The third-order valence-corrected chi connectivity index (χ3v) is 3.44. The molecule has 0 aliphatic heterocycles. The van der Waals surface area contributed by atoms with Crippen LogP contribution in [0.2, 0.25) is 0 Å². The molecule has 1 heterocycles. The third kappa shape index (κ3) is 3.34. The Morgan fingerprint density at radius 3 is 2.76 bits per heavy atom. The second-order valence-electron chi connectivity index (χ2n) is 5.05. The molecule has 0 radical (unpaired) electrons. The number of nitrogen functional groups attached to an aromatic ring is 1. The van der Waals surface area contributed by atoms with E-state index in [0.29, 0.717) is 0 Å². The second kappa shape index (κ2) is 6.31. The number of para-hydroxylation sites is 1. The van der Waals surface area contributed by atoms with Gasteiger partial charge in [0.25, 0.3) is 0 Å². The maximum absolute atomic E-state index is 5.83. The van der Waals surface area contributed by atoms with Crippen molar-refractivity contribution in [1.82, 2.24) is 9.78 Å². The highest BCUT2D eigenvalue weighted by molar-refractivity contribution is 5.81. The first-order valence-corrected chi connectivity index (χ1v) is 7.22. The van der Waals surface area contributed by atoms with E-state index < -0.39 is 0 Å². The molecule has 21 heavy (non-hydrogen) atoms. The quantitative estimate of drug-likeness (QED) is 0.556. The Kier molecular flexibility index (Phi) is 4.05. The summed E-state index contributed by atoms with van der Waals surface area (Å²) in [6.45, 7) is 1.61. The van der Waals surface area contributed by atoms with Gasteiger partial charge in [-0.2, -0.15) is 5.10 Å². The van der Waals surface area contributed by atoms with Crippen LogP contribution in [-0.2, 0) is 6.54 Å². The van der Waals surface area contributed by atoms with E-state index >= 15 is 0 Å². The van der Waals surface area contributed by atoms with Crippen molar-refractivity contribution in [2.75, 3.05) is 12.3 Å². The van der Waals surface area contributed by atoms with E-state index in [9.17, 15) is 0 Å². The fourth-order valence-electron chi connectivity index (χ4n) is 2.34. The van der Waals surface area contributed by atoms with Gasteiger partial charge in [-0.15, -0.1) is 0 Å². The summed E-state index contributed by atoms with van der Waals surface area (Å²) in [6.07, 6.45) is 3.91. The lowest BCUT2D eigenvalue weighted by atomic mass is 10.2. The van der Waals surface area contributed by atoms with Gasteiger partial charge in [0.1, 0.15) is 5.75 Å². The van der Waals surface area contributed by atoms with Crippen LogP contribution in [0.5, 0.6) is 5.75 Å². The summed E-state index contributed by atoms with van der Waals surface area (Å²) in [5, 5.41) is 5.54. The number of unbranched alkanes of at least 4 members (excludes halogenated alkanes) is 1. The van der Waals surface area contributed by atoms with Crippen molar-refractivity contribution in [2.24, 2.45) is 0 Å². The van der Waals surface area contributed by atoms with Gasteiger partial charge in [0.15, 0.2) is 0 Å². The lowest BCUT2D eigenvalue weighted by molar-refractivity contribution is 0.302. The molecule has 1 aromatic heterocycles. The van der Waals surface area contributed by atoms with Crippen molar-refractivity contribution >= 4 is 16.6 Å². The first kappa shape index (κ1) is 13.5. The van der Waals surface area contributed by atoms with Crippen LogP contribution in [0.25, 0.3) is 10.9 Å². The molecule has 0 bridgehead atoms. The van der Waals surface area contributed by atoms with Crippen molar-refractivity contribution in [3.05, 3.63) is 54.7 Å². The molecule has 0 amide bonds. The highest BCUT2D eigenvalue weighted by atomic mass is 16.5. The number of hydrogen-bond acceptors (Lipinski definition) is 3. The Balaban J connectivity index is 1.49. The van der Waals surface area contributed by atoms with Gasteiger partial charge in [-0.1, -0.05) is 18.2 Å². The molecule has 0 spiro atoms. The average Bonchev–Trinajstić information content (AvgIpc) is 2.90. The highest BCUT2D eigenvalue weighted by Gasteiger charge is 2.02. The number of fused-ring (bicyclic) bond motifs is 1. The topological polar surface area (TPSA) is 53.1 Å². The van der Waals surface area contributed by atoms with E-state index in [-0.39, 0.29) is 0 Å². The van der Waals surface area contributed by atoms with Gasteiger partial charge in [-0.3, -0.25) is 4.68 Å². The molecule has 0 fully saturated rings. The lowest BCUT2D eigenvalue weighted by Crippen LogP contribution is -2.03. The Morgan fingerprint density at radius 2 is 1.90 bits per heavy atom. The van der Waals surface area contributed by atoms with Gasteiger partial charge in [0, 0.05) is 17.6 Å². The van der Waals surface area contributed by atoms with Crippen LogP contribution in [0, 0.1) is 0 Å². The summed E-state index contributed by atoms with van der Waals surface area (Å²) >= 11 is 0. The van der Waals surface area contributed by atoms with Crippen LogP contribution in [0.1, 0.15) is 12.8 Å². The molecule has 0 unspecified atom stereocenters. The molecule has 0 aliphatic carbocycles. The normalized spacial score (nSPS) is 10.9. The minimum absolute atomic E-state index is 0.728. The number of ether oxygens (including phenoxy) is 1. The van der Waals surface area contributed by atoms with Gasteiger partial charge in [0.05, 0.1) is 18.3 Å². The molecule has 0 saturated carbocycles. The summed E-state index contributed by atoms with van der Waals surface area (Å²) in [7, 11) is 0. The molecular formula is C17H19N3O. The summed E-state index contributed by atoms with van der Waals surface area (Å²) in [6, 6.07) is 15.8. The van der Waals surface area contributed by atoms with E-state index in [0.717, 1.165) is 48.3 Å². The second-order valence-corrected chi connectivity index (χ2v) is 5.05. The summed E-state index contributed by atoms with van der Waals surface area (Å²) in [4.78, 5) is 0. The van der Waals surface area contributed by atoms with Crippen molar-refractivity contribution < 1.29 is 4.74 Å². The van der Waals surface area contributed by atoms with Crippen molar-refractivity contribution in [1.29, 1.82) is 0 Å². The fourth-order valence-corrected chi connectivity index (χ4v) is 2.34. The molecule has 2 aromatic carbocycles. The van der Waals surface area contributed by atoms with E-state index in [1.807, 2.05) is 59.4 Å². The average molecular weight is 281 g/mol. The number of nitrogens with two attached hydrogens (primary N) is 1. The molecule has 0 atom stereocenters. The minimum atomic E-state index is 0.728. The molecular weight excluding hydrogens is 262 g/mol. The maximum atomic E-state index is 5.83. The van der Waals surface area contributed by atoms with Gasteiger partial charge >= 0.3 is 0 Å². The van der Waals surface area contributed by atoms with E-state index in [4.69, 9.17) is 10.5 Å². The third-order valence-electron chi connectivity index (χ3n) is 3.44. The molecule has 4 nitrogen and oxygen atoms in total. The van der Waals surface area contributed by atoms with Crippen molar-refractivity contribution in [3.8, 4) is 5.75 Å². The minimum Gasteiger partial charge on any atom is -0.494 e. The Morgan fingerprint density at radius 1 is 1.05 bits per heavy atom. The van der Waals surface area contributed by atoms with Crippen LogP contribution < -0.4 is 10.5 Å². The fraction of sp³-hybridized carbons (Fsp3) is 0.235. The van der Waals surface area contributed by atoms with Crippen molar-refractivity contribution in [3.63, 3.8) is 0 Å². The smallest absolute Gasteiger partial charge is 0.119 e. The lowest BCUT2D eigenvalue weighted by Gasteiger charge is -2.07. The number of nitrogens with zero attached hydrogens (tertiary/aromatic N) is 2. The van der Waals surface area contributed by atoms with E-state index in [1.165, 1.54) is 0 Å². The van der Waals surface area contributed by atoms with Crippen LogP contribution in [0.3, 0.4) is 0 Å². The first-order valence-electron chi connectivity index (χ1n) is 7.22. The zero-order valence-electron chi connectivity index (χ0n) is 11.9. The van der Waals surface area contributed by atoms with Gasteiger partial charge < -0.3 is 10.5 Å². The number of hydrogen-bond donors (Lipinski definition) is 1. The Labute approximate surface area is 124 Å². The monoisotopic (exact) mass is 281 g/mol. The zero-order chi connectivity index (χ0) is 14.5. The predicted molar refractivity (Wildman–Crippen MR) is 85.3 cm³/mol. The summed E-state index contributed by atoms with van der Waals surface area (Å²) in [5.74, 6) is 0.926.